The molecule has 1 aliphatic rings. The van der Waals surface area contributed by atoms with Crippen LogP contribution < -0.4 is 5.32 Å². The normalized spacial score (nSPS) is 15.9. The van der Waals surface area contributed by atoms with Crippen LogP contribution in [0.15, 0.2) is 78.4 Å². The van der Waals surface area contributed by atoms with Crippen LogP contribution in [0, 0.1) is 0 Å². The van der Waals surface area contributed by atoms with Crippen LogP contribution in [0.25, 0.3) is 22.4 Å². The van der Waals surface area contributed by atoms with Crippen molar-refractivity contribution in [2.45, 2.75) is 6.18 Å². The maximum absolute atomic E-state index is 13.1. The Morgan fingerprint density at radius 3 is 2.45 bits per heavy atom. The van der Waals surface area contributed by atoms with Crippen molar-refractivity contribution in [1.82, 2.24) is 5.32 Å². The molecule has 3 aromatic rings. The monoisotopic (exact) mass is 395 g/mol. The van der Waals surface area contributed by atoms with Gasteiger partial charge in [-0.2, -0.15) is 13.2 Å². The Bertz CT molecular complexity index is 1170. The van der Waals surface area contributed by atoms with Crippen LogP contribution in [0.4, 0.5) is 13.2 Å². The predicted octanol–water partition coefficient (Wildman–Crippen LogP) is 5.39. The number of carbonyl (C=O) groups is 1. The molecular weight excluding hydrogens is 379 g/mol. The van der Waals surface area contributed by atoms with E-state index in [2.05, 4.69) is 5.32 Å². The van der Waals surface area contributed by atoms with Crippen LogP contribution in [0.5, 0.6) is 0 Å². The smallest absolute Gasteiger partial charge is 0.416 e. The number of halogens is 3. The number of fused-ring (bicyclic) bond motifs is 1. The molecule has 0 bridgehead atoms. The van der Waals surface area contributed by atoms with Crippen LogP contribution in [0.1, 0.15) is 16.7 Å². The summed E-state index contributed by atoms with van der Waals surface area (Å²) in [5.74, 6) is -0.291. The third kappa shape index (κ3) is 3.49. The molecule has 0 atom stereocenters. The first kappa shape index (κ1) is 18.8. The number of hydrogen-bond donors (Lipinski definition) is 1. The minimum absolute atomic E-state index is 0.0538. The van der Waals surface area contributed by atoms with Crippen molar-refractivity contribution >= 4 is 28.2 Å². The van der Waals surface area contributed by atoms with Gasteiger partial charge < -0.3 is 10.1 Å². The zero-order chi connectivity index (χ0) is 20.6. The zero-order valence-corrected chi connectivity index (χ0v) is 15.4. The lowest BCUT2D eigenvalue weighted by Crippen LogP contribution is -2.09. The summed E-state index contributed by atoms with van der Waals surface area (Å²) in [5, 5.41) is 4.72. The summed E-state index contributed by atoms with van der Waals surface area (Å²) in [6.45, 7) is 0. The second-order valence-electron chi connectivity index (χ2n) is 6.54. The summed E-state index contributed by atoms with van der Waals surface area (Å²) >= 11 is 0. The van der Waals surface area contributed by atoms with Crippen molar-refractivity contribution in [3.05, 3.63) is 95.1 Å². The molecule has 1 N–H and O–H groups in total. The van der Waals surface area contributed by atoms with Gasteiger partial charge in [-0.1, -0.05) is 54.6 Å². The van der Waals surface area contributed by atoms with Crippen LogP contribution in [-0.2, 0) is 15.7 Å². The van der Waals surface area contributed by atoms with E-state index in [0.29, 0.717) is 0 Å². The topological polar surface area (TPSA) is 38.3 Å². The number of alkyl halides is 3. The molecule has 146 valence electrons. The average Bonchev–Trinajstić information content (AvgIpc) is 3.03. The largest absolute Gasteiger partial charge is 0.436 e. The number of hydrogen-bond acceptors (Lipinski definition) is 3. The van der Waals surface area contributed by atoms with Crippen molar-refractivity contribution in [3.63, 3.8) is 0 Å². The lowest BCUT2D eigenvalue weighted by atomic mass is 9.98. The molecule has 6 heteroatoms. The third-order valence-corrected chi connectivity index (χ3v) is 4.71. The molecule has 4 rings (SSSR count). The Kier molecular flexibility index (Phi) is 4.62. The molecule has 1 heterocycles. The molecule has 0 fully saturated rings. The van der Waals surface area contributed by atoms with Gasteiger partial charge in [0.2, 0.25) is 11.7 Å². The molecule has 0 aromatic heterocycles. The Hall–Kier alpha value is -3.54. The molecule has 0 saturated carbocycles. The van der Waals surface area contributed by atoms with E-state index in [4.69, 9.17) is 4.74 Å². The van der Waals surface area contributed by atoms with Crippen molar-refractivity contribution in [3.8, 4) is 0 Å². The van der Waals surface area contributed by atoms with E-state index in [9.17, 15) is 18.0 Å². The fourth-order valence-corrected chi connectivity index (χ4v) is 3.34. The van der Waals surface area contributed by atoms with E-state index < -0.39 is 17.5 Å². The van der Waals surface area contributed by atoms with Gasteiger partial charge in [0, 0.05) is 7.05 Å². The summed E-state index contributed by atoms with van der Waals surface area (Å²) in [6.07, 6.45) is -2.89. The molecule has 0 aliphatic carbocycles. The molecule has 3 nitrogen and oxygen atoms in total. The lowest BCUT2D eigenvalue weighted by Gasteiger charge is -2.09. The molecule has 29 heavy (non-hydrogen) atoms. The highest BCUT2D eigenvalue weighted by Gasteiger charge is 2.34. The maximum atomic E-state index is 13.1. The quantitative estimate of drug-likeness (QED) is 0.605. The fraction of sp³-hybridized carbons (Fsp3) is 0.0870. The Balaban J connectivity index is 1.77. The molecule has 0 amide bonds. The maximum Gasteiger partial charge on any atom is 0.416 e. The predicted molar refractivity (Wildman–Crippen MR) is 105 cm³/mol. The van der Waals surface area contributed by atoms with Gasteiger partial charge in [-0.25, -0.2) is 0 Å². The van der Waals surface area contributed by atoms with E-state index in [-0.39, 0.29) is 22.8 Å². The molecule has 1 aliphatic heterocycles. The minimum Gasteiger partial charge on any atom is -0.436 e. The van der Waals surface area contributed by atoms with E-state index in [1.165, 1.54) is 12.1 Å². The number of benzene rings is 3. The Morgan fingerprint density at radius 1 is 0.966 bits per heavy atom. The van der Waals surface area contributed by atoms with Crippen molar-refractivity contribution in [2.75, 3.05) is 7.05 Å². The summed E-state index contributed by atoms with van der Waals surface area (Å²) in [7, 11) is 1.55. The summed E-state index contributed by atoms with van der Waals surface area (Å²) in [5.41, 5.74) is 0.185. The van der Waals surface area contributed by atoms with Crippen molar-refractivity contribution in [1.29, 1.82) is 0 Å². The van der Waals surface area contributed by atoms with Gasteiger partial charge in [0.15, 0.2) is 5.76 Å². The third-order valence-electron chi connectivity index (χ3n) is 4.71. The summed E-state index contributed by atoms with van der Waals surface area (Å²) in [4.78, 5) is 13.0. The van der Waals surface area contributed by atoms with Gasteiger partial charge >= 0.3 is 6.18 Å². The van der Waals surface area contributed by atoms with E-state index in [1.54, 1.807) is 13.1 Å². The minimum atomic E-state index is -4.50. The number of nitrogens with one attached hydrogen (secondary N) is 1. The molecule has 0 spiro atoms. The first-order valence-corrected chi connectivity index (χ1v) is 8.90. The van der Waals surface area contributed by atoms with Crippen molar-refractivity contribution < 1.29 is 22.7 Å². The van der Waals surface area contributed by atoms with Gasteiger partial charge in [-0.3, -0.25) is 4.79 Å². The van der Waals surface area contributed by atoms with Gasteiger partial charge in [-0.15, -0.1) is 0 Å². The average molecular weight is 395 g/mol. The highest BCUT2D eigenvalue weighted by molar-refractivity contribution is 6.31. The Morgan fingerprint density at radius 2 is 1.69 bits per heavy atom. The van der Waals surface area contributed by atoms with E-state index in [1.807, 2.05) is 42.5 Å². The van der Waals surface area contributed by atoms with E-state index in [0.717, 1.165) is 28.5 Å². The number of Topliss-reactive ketones (excluding diaryl/α,β-unsaturated/α-hetero) is 1. The van der Waals surface area contributed by atoms with Crippen LogP contribution >= 0.6 is 0 Å². The van der Waals surface area contributed by atoms with Gasteiger partial charge in [-0.05, 0) is 40.1 Å². The number of rotatable bonds is 3. The number of ether oxygens (including phenoxy) is 1. The summed E-state index contributed by atoms with van der Waals surface area (Å²) < 4.78 is 44.9. The highest BCUT2D eigenvalue weighted by Crippen LogP contribution is 2.36. The summed E-state index contributed by atoms with van der Waals surface area (Å²) in [6, 6.07) is 18.0. The number of ketones is 1. The zero-order valence-electron chi connectivity index (χ0n) is 15.4. The van der Waals surface area contributed by atoms with Crippen molar-refractivity contribution in [2.24, 2.45) is 0 Å². The molecular formula is C23H16F3NO2. The van der Waals surface area contributed by atoms with Gasteiger partial charge in [0.05, 0.1) is 11.1 Å². The molecule has 0 radical (unpaired) electrons. The lowest BCUT2D eigenvalue weighted by molar-refractivity contribution is -0.137. The highest BCUT2D eigenvalue weighted by atomic mass is 19.4. The molecule has 3 aromatic carbocycles. The SMILES string of the molecule is CNC1=C(c2cccc(C(F)(F)F)c2)C(=O)C(=Cc2cccc3ccccc23)O1. The number of carbonyl (C=O) groups excluding carboxylic acids is 1. The fourth-order valence-electron chi connectivity index (χ4n) is 3.34. The second-order valence-corrected chi connectivity index (χ2v) is 6.54. The Labute approximate surface area is 165 Å². The van der Waals surface area contributed by atoms with Crippen LogP contribution in [0.2, 0.25) is 0 Å². The standard InChI is InChI=1S/C23H16F3NO2/c1-27-22-20(16-9-5-10-17(12-16)23(24,25)26)21(28)19(29-22)13-15-8-4-7-14-6-2-3-11-18(14)15/h2-13,27H,1H3. The second kappa shape index (κ2) is 7.13. The van der Waals surface area contributed by atoms with E-state index >= 15 is 0 Å². The van der Waals surface area contributed by atoms with Gasteiger partial charge in [0.25, 0.3) is 0 Å². The number of allylic oxidation sites excluding steroid dienone is 1. The van der Waals surface area contributed by atoms with Crippen LogP contribution in [-0.4, -0.2) is 12.8 Å². The first-order chi connectivity index (χ1) is 13.9. The first-order valence-electron chi connectivity index (χ1n) is 8.90. The molecule has 0 saturated heterocycles. The van der Waals surface area contributed by atoms with Crippen LogP contribution in [0.3, 0.4) is 0 Å². The molecule has 0 unspecified atom stereocenters. The van der Waals surface area contributed by atoms with Gasteiger partial charge in [0.1, 0.15) is 0 Å².